The van der Waals surface area contributed by atoms with Crippen LogP contribution in [-0.2, 0) is 23.4 Å². The fourth-order valence-electron chi connectivity index (χ4n) is 3.55. The van der Waals surface area contributed by atoms with E-state index in [9.17, 15) is 37.5 Å². The van der Waals surface area contributed by atoms with E-state index in [4.69, 9.17) is 24.3 Å². The maximum absolute atomic E-state index is 14.4. The smallest absolute Gasteiger partial charge is 0.459 e. The number of alkyl halides is 2. The number of esters is 1. The molecular weight excluding hydrogens is 552 g/mol. The number of carbonyl (C=O) groups excluding carboxylic acids is 1. The van der Waals surface area contributed by atoms with E-state index in [1.165, 1.54) is 31.2 Å². The first-order valence-corrected chi connectivity index (χ1v) is 13.1. The Bertz CT molecular complexity index is 1270. The Balaban J connectivity index is 1.92. The monoisotopic (exact) mass is 580 g/mol. The fourth-order valence-corrected chi connectivity index (χ4v) is 5.08. The first-order valence-electron chi connectivity index (χ1n) is 11.5. The normalized spacial score (nSPS) is 25.4. The maximum Gasteiger partial charge on any atom is 0.459 e. The molecule has 6 unspecified atom stereocenters. The zero-order valence-corrected chi connectivity index (χ0v) is 21.8. The summed E-state index contributed by atoms with van der Waals surface area (Å²) in [5.74, 6) is -2.91. The second-order valence-electron chi connectivity index (χ2n) is 8.88. The van der Waals surface area contributed by atoms with Crippen molar-refractivity contribution in [3.05, 3.63) is 52.8 Å². The molecule has 1 fully saturated rings. The van der Waals surface area contributed by atoms with Gasteiger partial charge in [-0.05, 0) is 32.9 Å². The molecule has 5 N–H and O–H groups in total. The second kappa shape index (κ2) is 12.0. The molecule has 0 bridgehead atoms. The van der Waals surface area contributed by atoms with E-state index < -0.39 is 80.3 Å². The molecule has 0 aliphatic carbocycles. The summed E-state index contributed by atoms with van der Waals surface area (Å²) in [7, 11) is -4.71. The average Bonchev–Trinajstić information content (AvgIpc) is 3.11. The number of anilines is 1. The fraction of sp³-hybridized carbons (Fsp3) is 0.500. The SMILES string of the molecule is CC(C)OC(=O)C(C)NP(=O)(OCC1(C(F)F)OC(n2cc(F)c(N)nc2=O)C(O)C1O)Oc1ccccc1. The second-order valence-corrected chi connectivity index (χ2v) is 10.6. The van der Waals surface area contributed by atoms with Crippen LogP contribution in [0.3, 0.4) is 0 Å². The molecule has 1 aromatic heterocycles. The third-order valence-corrected chi connectivity index (χ3v) is 7.14. The Morgan fingerprint density at radius 1 is 1.28 bits per heavy atom. The molecule has 0 radical (unpaired) electrons. The highest BCUT2D eigenvalue weighted by molar-refractivity contribution is 7.52. The molecule has 2 aromatic rings. The van der Waals surface area contributed by atoms with Gasteiger partial charge in [0.1, 0.15) is 24.0 Å². The number of nitrogen functional groups attached to an aromatic ring is 1. The van der Waals surface area contributed by atoms with Gasteiger partial charge in [0, 0.05) is 0 Å². The van der Waals surface area contributed by atoms with Gasteiger partial charge in [-0.3, -0.25) is 13.9 Å². The summed E-state index contributed by atoms with van der Waals surface area (Å²) < 4.78 is 77.5. The Morgan fingerprint density at radius 3 is 2.51 bits per heavy atom. The van der Waals surface area contributed by atoms with Crippen LogP contribution in [0.2, 0.25) is 0 Å². The number of hydrogen-bond donors (Lipinski definition) is 4. The Labute approximate surface area is 220 Å². The number of aliphatic hydroxyl groups is 2. The summed E-state index contributed by atoms with van der Waals surface area (Å²) in [4.78, 5) is 27.6. The van der Waals surface area contributed by atoms with Gasteiger partial charge < -0.3 is 29.9 Å². The highest BCUT2D eigenvalue weighted by atomic mass is 31.2. The van der Waals surface area contributed by atoms with E-state index in [0.29, 0.717) is 10.8 Å². The van der Waals surface area contributed by atoms with Crippen molar-refractivity contribution in [1.82, 2.24) is 14.6 Å². The molecule has 0 amide bonds. The Kier molecular flexibility index (Phi) is 9.41. The quantitative estimate of drug-likeness (QED) is 0.221. The van der Waals surface area contributed by atoms with E-state index >= 15 is 0 Å². The summed E-state index contributed by atoms with van der Waals surface area (Å²) in [6, 6.07) is 6.06. The minimum absolute atomic E-state index is 0.0374. The van der Waals surface area contributed by atoms with E-state index in [1.807, 2.05) is 0 Å². The predicted molar refractivity (Wildman–Crippen MR) is 128 cm³/mol. The topological polar surface area (TPSA) is 184 Å². The zero-order chi connectivity index (χ0) is 29.1. The van der Waals surface area contributed by atoms with Crippen molar-refractivity contribution in [2.24, 2.45) is 0 Å². The first-order chi connectivity index (χ1) is 18.2. The largest absolute Gasteiger partial charge is 0.462 e. The summed E-state index contributed by atoms with van der Waals surface area (Å²) in [6.45, 7) is 3.01. The summed E-state index contributed by atoms with van der Waals surface area (Å²) in [5, 5.41) is 23.3. The summed E-state index contributed by atoms with van der Waals surface area (Å²) in [5.41, 5.74) is 0.854. The number of aromatic nitrogens is 2. The lowest BCUT2D eigenvalue weighted by atomic mass is 9.96. The average molecular weight is 580 g/mol. The van der Waals surface area contributed by atoms with Gasteiger partial charge in [-0.1, -0.05) is 18.2 Å². The van der Waals surface area contributed by atoms with Crippen LogP contribution in [0.4, 0.5) is 19.0 Å². The number of hydrogen-bond acceptors (Lipinski definition) is 11. The van der Waals surface area contributed by atoms with Crippen molar-refractivity contribution >= 4 is 19.5 Å². The van der Waals surface area contributed by atoms with Crippen LogP contribution in [0.5, 0.6) is 5.75 Å². The number of nitrogens with two attached hydrogens (primary N) is 1. The number of benzene rings is 1. The van der Waals surface area contributed by atoms with E-state index in [0.717, 1.165) is 0 Å². The number of nitrogens with one attached hydrogen (secondary N) is 1. The van der Waals surface area contributed by atoms with Crippen molar-refractivity contribution < 1.29 is 51.3 Å². The van der Waals surface area contributed by atoms with Gasteiger partial charge in [0.15, 0.2) is 23.5 Å². The van der Waals surface area contributed by atoms with Crippen LogP contribution in [0.25, 0.3) is 0 Å². The van der Waals surface area contributed by atoms with Crippen LogP contribution >= 0.6 is 7.75 Å². The highest BCUT2D eigenvalue weighted by Crippen LogP contribution is 2.49. The molecule has 1 aromatic carbocycles. The molecule has 17 heteroatoms. The zero-order valence-electron chi connectivity index (χ0n) is 20.9. The van der Waals surface area contributed by atoms with Crippen LogP contribution in [0.15, 0.2) is 41.3 Å². The molecule has 13 nitrogen and oxygen atoms in total. The molecule has 0 spiro atoms. The number of carbonyl (C=O) groups is 1. The molecule has 1 aliphatic rings. The van der Waals surface area contributed by atoms with Gasteiger partial charge in [-0.15, -0.1) is 0 Å². The molecule has 0 saturated carbocycles. The number of para-hydroxylation sites is 1. The minimum atomic E-state index is -4.71. The molecule has 39 heavy (non-hydrogen) atoms. The molecule has 1 aliphatic heterocycles. The number of ether oxygens (including phenoxy) is 2. The third-order valence-electron chi connectivity index (χ3n) is 5.52. The highest BCUT2D eigenvalue weighted by Gasteiger charge is 2.61. The maximum atomic E-state index is 14.4. The van der Waals surface area contributed by atoms with Crippen LogP contribution in [0, 0.1) is 5.82 Å². The van der Waals surface area contributed by atoms with Gasteiger partial charge in [-0.25, -0.2) is 22.5 Å². The lowest BCUT2D eigenvalue weighted by Crippen LogP contribution is -2.53. The molecule has 1 saturated heterocycles. The molecule has 216 valence electrons. The van der Waals surface area contributed by atoms with E-state index in [2.05, 4.69) is 10.1 Å². The van der Waals surface area contributed by atoms with E-state index in [1.54, 1.807) is 19.9 Å². The van der Waals surface area contributed by atoms with Crippen molar-refractivity contribution in [2.75, 3.05) is 12.3 Å². The lowest BCUT2D eigenvalue weighted by Gasteiger charge is -2.32. The van der Waals surface area contributed by atoms with Gasteiger partial charge in [0.2, 0.25) is 0 Å². The van der Waals surface area contributed by atoms with Crippen molar-refractivity contribution in [3.8, 4) is 5.75 Å². The number of aliphatic hydroxyl groups excluding tert-OH is 2. The van der Waals surface area contributed by atoms with Crippen molar-refractivity contribution in [1.29, 1.82) is 0 Å². The molecule has 2 heterocycles. The predicted octanol–water partition coefficient (Wildman–Crippen LogP) is 1.35. The molecular formula is C22H28F3N4O9P. The van der Waals surface area contributed by atoms with Crippen LogP contribution in [0.1, 0.15) is 27.0 Å². The number of halogens is 3. The number of rotatable bonds is 11. The third kappa shape index (κ3) is 6.77. The Morgan fingerprint density at radius 2 is 1.92 bits per heavy atom. The van der Waals surface area contributed by atoms with Crippen molar-refractivity contribution in [2.45, 2.75) is 63.4 Å². The van der Waals surface area contributed by atoms with Crippen molar-refractivity contribution in [3.63, 3.8) is 0 Å². The van der Waals surface area contributed by atoms with Gasteiger partial charge in [0.25, 0.3) is 6.43 Å². The Hall–Kier alpha value is -3.01. The molecule has 3 rings (SSSR count). The summed E-state index contributed by atoms with van der Waals surface area (Å²) in [6.07, 6.45) is -10.4. The summed E-state index contributed by atoms with van der Waals surface area (Å²) >= 11 is 0. The first kappa shape index (κ1) is 30.5. The standard InChI is InChI=1S/C22H28F3N4O9P/c1-11(2)36-19(32)12(3)28-39(34,38-13-7-5-4-6-8-13)35-10-22(20(24)25)16(31)15(30)18(37-22)29-9-14(23)17(26)27-21(29)33/h4-9,11-12,15-16,18,20,30-31H,10H2,1-3H3,(H,28,34)(H2,26,27,33). The number of nitrogens with zero attached hydrogens (tertiary/aromatic N) is 2. The van der Waals surface area contributed by atoms with Gasteiger partial charge in [0.05, 0.1) is 18.9 Å². The van der Waals surface area contributed by atoms with Crippen LogP contribution in [-0.4, -0.2) is 68.7 Å². The minimum Gasteiger partial charge on any atom is -0.462 e. The lowest BCUT2D eigenvalue weighted by molar-refractivity contribution is -0.193. The molecule has 6 atom stereocenters. The van der Waals surface area contributed by atoms with E-state index in [-0.39, 0.29) is 5.75 Å². The van der Waals surface area contributed by atoms with Gasteiger partial charge in [-0.2, -0.15) is 10.1 Å². The van der Waals surface area contributed by atoms with Crippen LogP contribution < -0.4 is 21.0 Å². The van der Waals surface area contributed by atoms with Gasteiger partial charge >= 0.3 is 19.4 Å².